The molecule has 0 radical (unpaired) electrons. The monoisotopic (exact) mass is 312 g/mol. The van der Waals surface area contributed by atoms with Crippen LogP contribution in [0.1, 0.15) is 11.1 Å². The first-order chi connectivity index (χ1) is 11.0. The summed E-state index contributed by atoms with van der Waals surface area (Å²) in [4.78, 5) is 17.6. The van der Waals surface area contributed by atoms with Crippen LogP contribution in [0.15, 0.2) is 47.5 Å². The van der Waals surface area contributed by atoms with Crippen molar-refractivity contribution in [3.05, 3.63) is 59.4 Å². The number of nitrogens with zero attached hydrogens (tertiary/aromatic N) is 1. The van der Waals surface area contributed by atoms with Gasteiger partial charge >= 0.3 is 5.97 Å². The van der Waals surface area contributed by atoms with E-state index in [9.17, 15) is 14.3 Å². The van der Waals surface area contributed by atoms with Crippen molar-refractivity contribution >= 4 is 28.8 Å². The number of aliphatic imine (C=N–C) groups is 1. The number of benzene rings is 2. The van der Waals surface area contributed by atoms with Crippen molar-refractivity contribution in [2.45, 2.75) is 6.42 Å². The number of hydrogen-bond acceptors (Lipinski definition) is 3. The number of carbonyl (C=O) groups is 1. The summed E-state index contributed by atoms with van der Waals surface area (Å²) in [6.07, 6.45) is 1.40. The predicted octanol–water partition coefficient (Wildman–Crippen LogP) is 3.39. The molecule has 0 aliphatic rings. The Morgan fingerprint density at radius 3 is 2.65 bits per heavy atom. The first kappa shape index (κ1) is 14.8. The zero-order valence-corrected chi connectivity index (χ0v) is 12.0. The van der Waals surface area contributed by atoms with Crippen molar-refractivity contribution in [1.82, 2.24) is 4.98 Å². The van der Waals surface area contributed by atoms with E-state index >= 15 is 0 Å². The molecule has 0 unspecified atom stereocenters. The highest BCUT2D eigenvalue weighted by Gasteiger charge is 2.09. The van der Waals surface area contributed by atoms with Gasteiger partial charge in [0, 0.05) is 17.1 Å². The van der Waals surface area contributed by atoms with Crippen molar-refractivity contribution in [3.8, 4) is 5.88 Å². The molecule has 23 heavy (non-hydrogen) atoms. The Hall–Kier alpha value is -3.15. The summed E-state index contributed by atoms with van der Waals surface area (Å²) in [5.41, 5.74) is 2.29. The van der Waals surface area contributed by atoms with Crippen LogP contribution in [-0.2, 0) is 11.2 Å². The number of rotatable bonds is 4. The molecular formula is C17H13FN2O3. The number of fused-ring (bicyclic) bond motifs is 1. The van der Waals surface area contributed by atoms with Gasteiger partial charge in [-0.15, -0.1) is 0 Å². The quantitative estimate of drug-likeness (QED) is 0.645. The third-order valence-electron chi connectivity index (χ3n) is 3.41. The number of aromatic hydroxyl groups is 1. The van der Waals surface area contributed by atoms with E-state index in [1.807, 2.05) is 0 Å². The van der Waals surface area contributed by atoms with Gasteiger partial charge < -0.3 is 15.2 Å². The zero-order chi connectivity index (χ0) is 16.4. The number of H-pyrrole nitrogens is 1. The molecule has 3 aromatic rings. The van der Waals surface area contributed by atoms with E-state index in [0.29, 0.717) is 27.7 Å². The highest BCUT2D eigenvalue weighted by atomic mass is 19.1. The Labute approximate surface area is 130 Å². The Morgan fingerprint density at radius 1 is 1.22 bits per heavy atom. The minimum absolute atomic E-state index is 0.0491. The van der Waals surface area contributed by atoms with Gasteiger partial charge in [0.15, 0.2) is 5.88 Å². The van der Waals surface area contributed by atoms with Crippen LogP contribution in [0.25, 0.3) is 10.9 Å². The summed E-state index contributed by atoms with van der Waals surface area (Å²) in [6.45, 7) is 0. The molecule has 3 N–H and O–H groups in total. The lowest BCUT2D eigenvalue weighted by atomic mass is 10.1. The number of hydrogen-bond donors (Lipinski definition) is 3. The Kier molecular flexibility index (Phi) is 3.80. The molecule has 0 spiro atoms. The second kappa shape index (κ2) is 5.92. The first-order valence-corrected chi connectivity index (χ1v) is 6.88. The number of aromatic amines is 1. The lowest BCUT2D eigenvalue weighted by molar-refractivity contribution is -0.136. The van der Waals surface area contributed by atoms with Gasteiger partial charge in [-0.05, 0) is 35.9 Å². The molecule has 116 valence electrons. The molecule has 0 fully saturated rings. The largest absolute Gasteiger partial charge is 0.494 e. The summed E-state index contributed by atoms with van der Waals surface area (Å²) < 4.78 is 13.3. The van der Waals surface area contributed by atoms with Gasteiger partial charge in [0.1, 0.15) is 5.82 Å². The maximum Gasteiger partial charge on any atom is 0.307 e. The zero-order valence-electron chi connectivity index (χ0n) is 12.0. The van der Waals surface area contributed by atoms with Crippen molar-refractivity contribution in [1.29, 1.82) is 0 Å². The molecule has 2 aromatic carbocycles. The molecule has 0 saturated carbocycles. The number of carboxylic acid groups (broad SMARTS) is 1. The van der Waals surface area contributed by atoms with E-state index in [1.54, 1.807) is 30.3 Å². The minimum Gasteiger partial charge on any atom is -0.494 e. The third-order valence-corrected chi connectivity index (χ3v) is 3.41. The van der Waals surface area contributed by atoms with E-state index in [-0.39, 0.29) is 12.3 Å². The normalized spacial score (nSPS) is 11.3. The molecule has 0 atom stereocenters. The maximum atomic E-state index is 13.3. The second-order valence-corrected chi connectivity index (χ2v) is 5.07. The van der Waals surface area contributed by atoms with E-state index in [2.05, 4.69) is 9.98 Å². The van der Waals surface area contributed by atoms with Crippen LogP contribution in [-0.4, -0.2) is 27.4 Å². The molecule has 6 heteroatoms. The van der Waals surface area contributed by atoms with E-state index < -0.39 is 11.8 Å². The van der Waals surface area contributed by atoms with Gasteiger partial charge in [0.05, 0.1) is 17.7 Å². The topological polar surface area (TPSA) is 85.7 Å². The highest BCUT2D eigenvalue weighted by Crippen LogP contribution is 2.27. The van der Waals surface area contributed by atoms with Crippen molar-refractivity contribution in [2.24, 2.45) is 4.99 Å². The fourth-order valence-electron chi connectivity index (χ4n) is 2.32. The average Bonchev–Trinajstić information content (AvgIpc) is 2.81. The maximum absolute atomic E-state index is 13.3. The number of halogens is 1. The van der Waals surface area contributed by atoms with Crippen molar-refractivity contribution < 1.29 is 19.4 Å². The van der Waals surface area contributed by atoms with Crippen molar-refractivity contribution in [3.63, 3.8) is 0 Å². The third kappa shape index (κ3) is 3.21. The van der Waals surface area contributed by atoms with Crippen LogP contribution in [0.3, 0.4) is 0 Å². The Bertz CT molecular complexity index is 898. The SMILES string of the molecule is O=C(O)Cc1ccc(N=Cc2c(O)[nH]c3ccc(F)cc23)cc1. The smallest absolute Gasteiger partial charge is 0.307 e. The highest BCUT2D eigenvalue weighted by molar-refractivity contribution is 6.02. The van der Waals surface area contributed by atoms with Gasteiger partial charge in [-0.3, -0.25) is 9.79 Å². The van der Waals surface area contributed by atoms with Crippen LogP contribution in [0.2, 0.25) is 0 Å². The van der Waals surface area contributed by atoms with Gasteiger partial charge in [-0.25, -0.2) is 4.39 Å². The molecule has 0 aliphatic carbocycles. The van der Waals surface area contributed by atoms with E-state index in [1.165, 1.54) is 18.3 Å². The van der Waals surface area contributed by atoms with Crippen LogP contribution in [0.5, 0.6) is 5.88 Å². The minimum atomic E-state index is -0.896. The number of aromatic nitrogens is 1. The average molecular weight is 312 g/mol. The molecule has 0 aliphatic heterocycles. The molecule has 0 amide bonds. The first-order valence-electron chi connectivity index (χ1n) is 6.88. The van der Waals surface area contributed by atoms with E-state index in [0.717, 1.165) is 0 Å². The summed E-state index contributed by atoms with van der Waals surface area (Å²) >= 11 is 0. The fraction of sp³-hybridized carbons (Fsp3) is 0.0588. The molecule has 3 rings (SSSR count). The second-order valence-electron chi connectivity index (χ2n) is 5.07. The Balaban J connectivity index is 1.89. The van der Waals surface area contributed by atoms with E-state index in [4.69, 9.17) is 5.11 Å². The van der Waals surface area contributed by atoms with Crippen LogP contribution in [0.4, 0.5) is 10.1 Å². The molecule has 5 nitrogen and oxygen atoms in total. The van der Waals surface area contributed by atoms with Gasteiger partial charge in [-0.2, -0.15) is 0 Å². The number of aliphatic carboxylic acids is 1. The molecule has 0 bridgehead atoms. The summed E-state index contributed by atoms with van der Waals surface area (Å²) in [7, 11) is 0. The summed E-state index contributed by atoms with van der Waals surface area (Å²) in [6, 6.07) is 10.9. The van der Waals surface area contributed by atoms with Crippen molar-refractivity contribution in [2.75, 3.05) is 0 Å². The molecule has 1 aromatic heterocycles. The number of nitrogens with one attached hydrogen (secondary N) is 1. The lowest BCUT2D eigenvalue weighted by Gasteiger charge is -1.98. The van der Waals surface area contributed by atoms with Gasteiger partial charge in [0.2, 0.25) is 0 Å². The molecule has 1 heterocycles. The Morgan fingerprint density at radius 2 is 1.96 bits per heavy atom. The summed E-state index contributed by atoms with van der Waals surface area (Å²) in [5.74, 6) is -1.38. The lowest BCUT2D eigenvalue weighted by Crippen LogP contribution is -1.99. The standard InChI is InChI=1S/C17H13FN2O3/c18-11-3-6-15-13(8-11)14(17(23)20-15)9-19-12-4-1-10(2-5-12)7-16(21)22/h1-6,8-9,20,23H,7H2,(H,21,22). The molecule has 0 saturated heterocycles. The number of carboxylic acids is 1. The van der Waals surface area contributed by atoms with Crippen LogP contribution < -0.4 is 0 Å². The summed E-state index contributed by atoms with van der Waals surface area (Å²) in [5, 5.41) is 19.2. The van der Waals surface area contributed by atoms with Crippen LogP contribution >= 0.6 is 0 Å². The van der Waals surface area contributed by atoms with Gasteiger partial charge in [0.25, 0.3) is 0 Å². The predicted molar refractivity (Wildman–Crippen MR) is 85.0 cm³/mol. The molecular weight excluding hydrogens is 299 g/mol. The van der Waals surface area contributed by atoms with Crippen LogP contribution in [0, 0.1) is 5.82 Å². The van der Waals surface area contributed by atoms with Gasteiger partial charge in [-0.1, -0.05) is 12.1 Å². The fourth-order valence-corrected chi connectivity index (χ4v) is 2.32.